The first-order chi connectivity index (χ1) is 11.7. The van der Waals surface area contributed by atoms with E-state index < -0.39 is 10.0 Å². The van der Waals surface area contributed by atoms with Gasteiger partial charge in [-0.25, -0.2) is 18.4 Å². The first-order valence-electron chi connectivity index (χ1n) is 7.47. The normalized spacial score (nSPS) is 11.1. The fraction of sp³-hybridized carbons (Fsp3) is 0.375. The summed E-state index contributed by atoms with van der Waals surface area (Å²) in [4.78, 5) is 10.4. The van der Waals surface area contributed by atoms with Gasteiger partial charge in [0.25, 0.3) is 10.0 Å². The molecule has 2 rings (SSSR count). The molecule has 0 atom stereocenters. The van der Waals surface area contributed by atoms with Crippen LogP contribution in [0.1, 0.15) is 11.4 Å². The Morgan fingerprint density at radius 1 is 1.00 bits per heavy atom. The van der Waals surface area contributed by atoms with Crippen molar-refractivity contribution in [3.8, 4) is 11.5 Å². The van der Waals surface area contributed by atoms with E-state index in [0.29, 0.717) is 34.5 Å². The SMILES string of the molecule is COc1ccc(S(=O)(=O)Nc2c(C)nc(N(C)C)nc2C)cc1OC. The average Bonchev–Trinajstić information content (AvgIpc) is 2.57. The van der Waals surface area contributed by atoms with Crippen LogP contribution in [0.3, 0.4) is 0 Å². The summed E-state index contributed by atoms with van der Waals surface area (Å²) in [6.45, 7) is 3.46. The van der Waals surface area contributed by atoms with Crippen LogP contribution in [0.25, 0.3) is 0 Å². The summed E-state index contributed by atoms with van der Waals surface area (Å²) >= 11 is 0. The molecular weight excluding hydrogens is 344 g/mol. The van der Waals surface area contributed by atoms with E-state index in [-0.39, 0.29) is 4.90 Å². The molecule has 1 aromatic heterocycles. The second-order valence-electron chi connectivity index (χ2n) is 5.59. The lowest BCUT2D eigenvalue weighted by atomic mass is 10.3. The maximum atomic E-state index is 12.7. The van der Waals surface area contributed by atoms with Crippen molar-refractivity contribution in [1.82, 2.24) is 9.97 Å². The van der Waals surface area contributed by atoms with Crippen molar-refractivity contribution in [1.29, 1.82) is 0 Å². The van der Waals surface area contributed by atoms with Crippen LogP contribution in [0.5, 0.6) is 11.5 Å². The number of aromatic nitrogens is 2. The van der Waals surface area contributed by atoms with Crippen LogP contribution in [-0.4, -0.2) is 46.7 Å². The standard InChI is InChI=1S/C16H22N4O4S/c1-10-15(11(2)18-16(17-10)20(3)4)19-25(21,22)12-7-8-13(23-5)14(9-12)24-6/h7-9,19H,1-6H3. The van der Waals surface area contributed by atoms with Gasteiger partial charge in [0.05, 0.1) is 36.2 Å². The summed E-state index contributed by atoms with van der Waals surface area (Å²) in [5, 5.41) is 0. The van der Waals surface area contributed by atoms with E-state index >= 15 is 0 Å². The number of anilines is 2. The lowest BCUT2D eigenvalue weighted by molar-refractivity contribution is 0.354. The van der Waals surface area contributed by atoms with E-state index in [1.54, 1.807) is 24.8 Å². The van der Waals surface area contributed by atoms with Gasteiger partial charge in [0.15, 0.2) is 11.5 Å². The second-order valence-corrected chi connectivity index (χ2v) is 7.27. The highest BCUT2D eigenvalue weighted by molar-refractivity contribution is 7.92. The number of nitrogens with one attached hydrogen (secondary N) is 1. The molecule has 1 heterocycles. The molecule has 136 valence electrons. The van der Waals surface area contributed by atoms with Crippen molar-refractivity contribution in [2.45, 2.75) is 18.7 Å². The highest BCUT2D eigenvalue weighted by Crippen LogP contribution is 2.31. The van der Waals surface area contributed by atoms with Gasteiger partial charge in [0.2, 0.25) is 5.95 Å². The number of methoxy groups -OCH3 is 2. The Morgan fingerprint density at radius 2 is 1.56 bits per heavy atom. The molecule has 0 aliphatic rings. The molecule has 0 bridgehead atoms. The van der Waals surface area contributed by atoms with Gasteiger partial charge in [0, 0.05) is 20.2 Å². The lowest BCUT2D eigenvalue weighted by Crippen LogP contribution is -2.19. The summed E-state index contributed by atoms with van der Waals surface area (Å²) in [5.74, 6) is 1.30. The first-order valence-corrected chi connectivity index (χ1v) is 8.95. The Kier molecular flexibility index (Phi) is 5.36. The number of ether oxygens (including phenoxy) is 2. The zero-order chi connectivity index (χ0) is 18.8. The summed E-state index contributed by atoms with van der Waals surface area (Å²) in [6, 6.07) is 4.39. The molecule has 0 saturated carbocycles. The van der Waals surface area contributed by atoms with Crippen molar-refractivity contribution in [3.63, 3.8) is 0 Å². The van der Waals surface area contributed by atoms with Crippen molar-refractivity contribution in [2.24, 2.45) is 0 Å². The monoisotopic (exact) mass is 366 g/mol. The molecule has 0 unspecified atom stereocenters. The van der Waals surface area contributed by atoms with Gasteiger partial charge < -0.3 is 14.4 Å². The summed E-state index contributed by atoms with van der Waals surface area (Å²) in [7, 11) is 2.75. The molecule has 25 heavy (non-hydrogen) atoms. The molecule has 1 N–H and O–H groups in total. The van der Waals surface area contributed by atoms with Gasteiger partial charge in [0.1, 0.15) is 0 Å². The number of benzene rings is 1. The van der Waals surface area contributed by atoms with Gasteiger partial charge >= 0.3 is 0 Å². The number of hydrogen-bond donors (Lipinski definition) is 1. The highest BCUT2D eigenvalue weighted by atomic mass is 32.2. The van der Waals surface area contributed by atoms with Crippen LogP contribution in [0.2, 0.25) is 0 Å². The van der Waals surface area contributed by atoms with Gasteiger partial charge in [-0.3, -0.25) is 4.72 Å². The van der Waals surface area contributed by atoms with E-state index in [0.717, 1.165) is 0 Å². The van der Waals surface area contributed by atoms with Crippen molar-refractivity contribution < 1.29 is 17.9 Å². The fourth-order valence-corrected chi connectivity index (χ4v) is 3.41. The van der Waals surface area contributed by atoms with Crippen LogP contribution in [0.15, 0.2) is 23.1 Å². The minimum Gasteiger partial charge on any atom is -0.493 e. The zero-order valence-corrected chi connectivity index (χ0v) is 15.9. The van der Waals surface area contributed by atoms with Crippen LogP contribution < -0.4 is 19.1 Å². The molecular formula is C16H22N4O4S. The van der Waals surface area contributed by atoms with E-state index in [4.69, 9.17) is 9.47 Å². The van der Waals surface area contributed by atoms with E-state index in [1.165, 1.54) is 26.4 Å². The van der Waals surface area contributed by atoms with E-state index in [2.05, 4.69) is 14.7 Å². The van der Waals surface area contributed by atoms with Gasteiger partial charge in [-0.05, 0) is 26.0 Å². The Balaban J connectivity index is 2.43. The maximum Gasteiger partial charge on any atom is 0.262 e. The number of aryl methyl sites for hydroxylation is 2. The largest absolute Gasteiger partial charge is 0.493 e. The predicted octanol–water partition coefficient (Wildman–Crippen LogP) is 1.98. The lowest BCUT2D eigenvalue weighted by Gasteiger charge is -2.17. The number of nitrogens with zero attached hydrogens (tertiary/aromatic N) is 3. The summed E-state index contributed by atoms with van der Waals surface area (Å²) in [5.41, 5.74) is 1.45. The molecule has 0 amide bonds. The van der Waals surface area contributed by atoms with Gasteiger partial charge in [-0.15, -0.1) is 0 Å². The molecule has 9 heteroatoms. The summed E-state index contributed by atoms with van der Waals surface area (Å²) in [6.07, 6.45) is 0. The van der Waals surface area contributed by atoms with E-state index in [9.17, 15) is 8.42 Å². The Bertz CT molecular complexity index is 859. The third-order valence-corrected chi connectivity index (χ3v) is 4.91. The summed E-state index contributed by atoms with van der Waals surface area (Å²) < 4.78 is 38.3. The van der Waals surface area contributed by atoms with Crippen molar-refractivity contribution >= 4 is 21.7 Å². The molecule has 0 aliphatic carbocycles. The number of hydrogen-bond acceptors (Lipinski definition) is 7. The van der Waals surface area contributed by atoms with Gasteiger partial charge in [-0.1, -0.05) is 0 Å². The van der Waals surface area contributed by atoms with Crippen molar-refractivity contribution in [2.75, 3.05) is 37.9 Å². The molecule has 2 aromatic rings. The topological polar surface area (TPSA) is 93.7 Å². The Hall–Kier alpha value is -2.55. The highest BCUT2D eigenvalue weighted by Gasteiger charge is 2.20. The molecule has 8 nitrogen and oxygen atoms in total. The maximum absolute atomic E-state index is 12.7. The van der Waals surface area contributed by atoms with E-state index in [1.807, 2.05) is 14.1 Å². The third-order valence-electron chi connectivity index (χ3n) is 3.56. The molecule has 0 aliphatic heterocycles. The Labute approximate surface area is 147 Å². The van der Waals surface area contributed by atoms with Crippen LogP contribution in [-0.2, 0) is 10.0 Å². The fourth-order valence-electron chi connectivity index (χ4n) is 2.22. The van der Waals surface area contributed by atoms with Crippen molar-refractivity contribution in [3.05, 3.63) is 29.6 Å². The zero-order valence-electron chi connectivity index (χ0n) is 15.1. The molecule has 0 spiro atoms. The Morgan fingerprint density at radius 3 is 2.04 bits per heavy atom. The predicted molar refractivity (Wildman–Crippen MR) is 96.2 cm³/mol. The smallest absolute Gasteiger partial charge is 0.262 e. The third kappa shape index (κ3) is 3.93. The average molecular weight is 366 g/mol. The molecule has 1 aromatic carbocycles. The number of rotatable bonds is 6. The van der Waals surface area contributed by atoms with Crippen LogP contribution in [0, 0.1) is 13.8 Å². The second kappa shape index (κ2) is 7.14. The molecule has 0 fully saturated rings. The van der Waals surface area contributed by atoms with Gasteiger partial charge in [-0.2, -0.15) is 0 Å². The first kappa shape index (κ1) is 18.8. The molecule has 0 saturated heterocycles. The van der Waals surface area contributed by atoms with Crippen LogP contribution >= 0.6 is 0 Å². The number of sulfonamides is 1. The minimum atomic E-state index is -3.83. The minimum absolute atomic E-state index is 0.0561. The molecule has 0 radical (unpaired) electrons. The quantitative estimate of drug-likeness (QED) is 0.835. The van der Waals surface area contributed by atoms with Crippen LogP contribution in [0.4, 0.5) is 11.6 Å².